The molecule has 0 aliphatic heterocycles. The molecule has 0 saturated carbocycles. The van der Waals surface area contributed by atoms with Gasteiger partial charge in [0.25, 0.3) is 0 Å². The summed E-state index contributed by atoms with van der Waals surface area (Å²) in [5.41, 5.74) is 2.85. The van der Waals surface area contributed by atoms with E-state index in [1.165, 1.54) is 14.7 Å². The van der Waals surface area contributed by atoms with Crippen LogP contribution in [0.4, 0.5) is 0 Å². The van der Waals surface area contributed by atoms with Gasteiger partial charge in [-0.05, 0) is 41.6 Å². The van der Waals surface area contributed by atoms with Crippen molar-refractivity contribution < 1.29 is 8.42 Å². The van der Waals surface area contributed by atoms with Crippen molar-refractivity contribution in [2.45, 2.75) is 37.4 Å². The number of hydrogen-bond donors (Lipinski definition) is 1. The lowest BCUT2D eigenvalue weighted by Crippen LogP contribution is -2.23. The summed E-state index contributed by atoms with van der Waals surface area (Å²) in [6.07, 6.45) is 0.962. The van der Waals surface area contributed by atoms with Crippen molar-refractivity contribution in [2.75, 3.05) is 14.1 Å². The quantitative estimate of drug-likeness (QED) is 0.389. The van der Waals surface area contributed by atoms with Gasteiger partial charge in [0.2, 0.25) is 10.0 Å². The smallest absolute Gasteiger partial charge is 0.242 e. The Bertz CT molecular complexity index is 1280. The fourth-order valence-electron chi connectivity index (χ4n) is 3.82. The molecule has 2 heterocycles. The molecule has 0 amide bonds. The molecule has 4 aromatic rings. The predicted octanol–water partition coefficient (Wildman–Crippen LogP) is 4.64. The van der Waals surface area contributed by atoms with Gasteiger partial charge in [0.15, 0.2) is 0 Å². The van der Waals surface area contributed by atoms with E-state index >= 15 is 0 Å². The minimum Gasteiger partial charge on any atom is -0.327 e. The highest BCUT2D eigenvalue weighted by Crippen LogP contribution is 2.27. The van der Waals surface area contributed by atoms with Crippen molar-refractivity contribution in [2.24, 2.45) is 0 Å². The summed E-state index contributed by atoms with van der Waals surface area (Å²) in [5, 5.41) is 5.77. The maximum Gasteiger partial charge on any atom is 0.242 e. The first-order valence-electron chi connectivity index (χ1n) is 10.6. The van der Waals surface area contributed by atoms with Crippen LogP contribution in [0.15, 0.2) is 70.9 Å². The van der Waals surface area contributed by atoms with Gasteiger partial charge >= 0.3 is 0 Å². The van der Waals surface area contributed by atoms with Gasteiger partial charge in [-0.25, -0.2) is 17.7 Å². The second-order valence-corrected chi connectivity index (χ2v) is 11.0. The topological polar surface area (TPSA) is 67.2 Å². The molecule has 4 rings (SSSR count). The van der Waals surface area contributed by atoms with Gasteiger partial charge in [-0.3, -0.25) is 5.32 Å². The van der Waals surface area contributed by atoms with E-state index in [4.69, 9.17) is 4.98 Å². The first-order valence-corrected chi connectivity index (χ1v) is 13.0. The number of rotatable bonds is 9. The molecule has 1 N–H and O–H groups in total. The molecule has 32 heavy (non-hydrogen) atoms. The lowest BCUT2D eigenvalue weighted by molar-refractivity contribution is 0.521. The monoisotopic (exact) mass is 468 g/mol. The summed E-state index contributed by atoms with van der Waals surface area (Å²) in [6, 6.07) is 19.9. The Labute approximate surface area is 193 Å². The van der Waals surface area contributed by atoms with E-state index in [-0.39, 0.29) is 10.9 Å². The third kappa shape index (κ3) is 4.49. The average Bonchev–Trinajstić information content (AvgIpc) is 3.43. The fourth-order valence-corrected chi connectivity index (χ4v) is 5.57. The molecule has 2 aromatic heterocycles. The van der Waals surface area contributed by atoms with E-state index < -0.39 is 10.0 Å². The molecule has 0 saturated heterocycles. The molecule has 0 spiro atoms. The maximum absolute atomic E-state index is 12.6. The summed E-state index contributed by atoms with van der Waals surface area (Å²) in [4.78, 5) is 6.34. The fraction of sp³-hybridized carbons (Fsp3) is 0.292. The van der Waals surface area contributed by atoms with E-state index in [1.54, 1.807) is 37.6 Å². The Morgan fingerprint density at radius 2 is 1.88 bits per heavy atom. The zero-order valence-electron chi connectivity index (χ0n) is 18.5. The van der Waals surface area contributed by atoms with Crippen LogP contribution in [0.2, 0.25) is 0 Å². The maximum atomic E-state index is 12.6. The van der Waals surface area contributed by atoms with Crippen LogP contribution in [0.3, 0.4) is 0 Å². The number of fused-ring (bicyclic) bond motifs is 1. The van der Waals surface area contributed by atoms with E-state index in [0.29, 0.717) is 12.1 Å². The van der Waals surface area contributed by atoms with Crippen molar-refractivity contribution in [3.8, 4) is 0 Å². The largest absolute Gasteiger partial charge is 0.327 e. The molecule has 1 atom stereocenters. The van der Waals surface area contributed by atoms with Crippen LogP contribution in [0.25, 0.3) is 11.0 Å². The highest BCUT2D eigenvalue weighted by molar-refractivity contribution is 7.89. The van der Waals surface area contributed by atoms with Crippen LogP contribution in [0.1, 0.15) is 35.7 Å². The van der Waals surface area contributed by atoms with Gasteiger partial charge in [0.05, 0.1) is 28.5 Å². The SMILES string of the molecule is CCCn1c(CN[C@H](c2ccccc2)c2cccs2)nc2cc(S(=O)(=O)N(C)C)ccc21. The minimum atomic E-state index is -3.51. The molecule has 0 aliphatic carbocycles. The number of imidazole rings is 1. The van der Waals surface area contributed by atoms with Crippen LogP contribution >= 0.6 is 11.3 Å². The van der Waals surface area contributed by atoms with Crippen molar-refractivity contribution in [3.05, 3.63) is 82.3 Å². The Morgan fingerprint density at radius 1 is 1.09 bits per heavy atom. The zero-order valence-corrected chi connectivity index (χ0v) is 20.2. The molecule has 0 unspecified atom stereocenters. The molecule has 0 fully saturated rings. The van der Waals surface area contributed by atoms with Crippen LogP contribution in [0, 0.1) is 0 Å². The van der Waals surface area contributed by atoms with Gasteiger partial charge in [-0.1, -0.05) is 43.3 Å². The van der Waals surface area contributed by atoms with E-state index in [2.05, 4.69) is 58.6 Å². The van der Waals surface area contributed by atoms with Crippen LogP contribution in [-0.2, 0) is 23.1 Å². The van der Waals surface area contributed by atoms with Crippen molar-refractivity contribution in [3.63, 3.8) is 0 Å². The third-order valence-electron chi connectivity index (χ3n) is 5.45. The highest BCUT2D eigenvalue weighted by atomic mass is 32.2. The molecule has 8 heteroatoms. The average molecular weight is 469 g/mol. The molecule has 0 aliphatic rings. The molecular formula is C24H28N4O2S2. The number of nitrogens with one attached hydrogen (secondary N) is 1. The van der Waals surface area contributed by atoms with Crippen LogP contribution < -0.4 is 5.32 Å². The van der Waals surface area contributed by atoms with E-state index in [9.17, 15) is 8.42 Å². The number of aromatic nitrogens is 2. The van der Waals surface area contributed by atoms with Gasteiger partial charge < -0.3 is 4.57 Å². The van der Waals surface area contributed by atoms with Crippen LogP contribution in [-0.4, -0.2) is 36.4 Å². The van der Waals surface area contributed by atoms with Gasteiger partial charge in [-0.2, -0.15) is 0 Å². The van der Waals surface area contributed by atoms with Crippen LogP contribution in [0.5, 0.6) is 0 Å². The zero-order chi connectivity index (χ0) is 22.7. The number of benzene rings is 2. The number of hydrogen-bond acceptors (Lipinski definition) is 5. The summed E-state index contributed by atoms with van der Waals surface area (Å²) >= 11 is 1.73. The Morgan fingerprint density at radius 3 is 2.53 bits per heavy atom. The van der Waals surface area contributed by atoms with Crippen molar-refractivity contribution in [1.29, 1.82) is 0 Å². The minimum absolute atomic E-state index is 0.0655. The predicted molar refractivity (Wildman–Crippen MR) is 130 cm³/mol. The first kappa shape index (κ1) is 22.7. The Balaban J connectivity index is 1.69. The molecule has 168 valence electrons. The molecule has 6 nitrogen and oxygen atoms in total. The lowest BCUT2D eigenvalue weighted by atomic mass is 10.1. The lowest BCUT2D eigenvalue weighted by Gasteiger charge is -2.18. The molecular weight excluding hydrogens is 440 g/mol. The van der Waals surface area contributed by atoms with Gasteiger partial charge in [-0.15, -0.1) is 11.3 Å². The van der Waals surface area contributed by atoms with E-state index in [0.717, 1.165) is 24.3 Å². The number of aryl methyl sites for hydroxylation is 1. The molecule has 0 bridgehead atoms. The number of nitrogens with zero attached hydrogens (tertiary/aromatic N) is 3. The summed E-state index contributed by atoms with van der Waals surface area (Å²) < 4.78 is 28.6. The standard InChI is InChI=1S/C24H28N4O2S2/c1-4-14-28-21-13-12-19(32(29,30)27(2)3)16-20(21)26-23(28)17-25-24(22-11-8-15-31-22)18-9-6-5-7-10-18/h5-13,15-16,24-25H,4,14,17H2,1-3H3/t24-/m1/s1. The molecule has 0 radical (unpaired) electrons. The second kappa shape index (κ2) is 9.54. The second-order valence-electron chi connectivity index (χ2n) is 7.86. The number of sulfonamides is 1. The van der Waals surface area contributed by atoms with Gasteiger partial charge in [0, 0.05) is 25.5 Å². The Hall–Kier alpha value is -2.52. The Kier molecular flexibility index (Phi) is 6.76. The number of thiophene rings is 1. The summed E-state index contributed by atoms with van der Waals surface area (Å²) in [6.45, 7) is 3.52. The normalized spacial score (nSPS) is 13.1. The van der Waals surface area contributed by atoms with E-state index in [1.807, 2.05) is 12.1 Å². The third-order valence-corrected chi connectivity index (χ3v) is 8.20. The van der Waals surface area contributed by atoms with Gasteiger partial charge in [0.1, 0.15) is 5.82 Å². The molecule has 2 aromatic carbocycles. The first-order chi connectivity index (χ1) is 15.4. The van der Waals surface area contributed by atoms with Crippen molar-refractivity contribution >= 4 is 32.4 Å². The highest BCUT2D eigenvalue weighted by Gasteiger charge is 2.21. The summed E-state index contributed by atoms with van der Waals surface area (Å²) in [7, 11) is -0.425. The van der Waals surface area contributed by atoms with Crippen molar-refractivity contribution in [1.82, 2.24) is 19.2 Å². The summed E-state index contributed by atoms with van der Waals surface area (Å²) in [5.74, 6) is 0.902.